The van der Waals surface area contributed by atoms with Crippen molar-refractivity contribution in [2.24, 2.45) is 5.92 Å². The molecule has 0 radical (unpaired) electrons. The summed E-state index contributed by atoms with van der Waals surface area (Å²) in [5.74, 6) is -0.530. The smallest absolute Gasteiger partial charge is 0.256 e. The summed E-state index contributed by atoms with van der Waals surface area (Å²) in [5, 5.41) is 3.26. The van der Waals surface area contributed by atoms with Gasteiger partial charge in [-0.3, -0.25) is 9.78 Å². The number of sulfonamides is 1. The first-order valence-corrected chi connectivity index (χ1v) is 12.7. The van der Waals surface area contributed by atoms with E-state index >= 15 is 0 Å². The van der Waals surface area contributed by atoms with Crippen LogP contribution in [0, 0.1) is 11.7 Å². The van der Waals surface area contributed by atoms with Crippen molar-refractivity contribution in [1.29, 1.82) is 0 Å². The van der Waals surface area contributed by atoms with Gasteiger partial charge in [0.05, 0.1) is 40.8 Å². The largest absolute Gasteiger partial charge is 0.326 e. The zero-order valence-corrected chi connectivity index (χ0v) is 19.9. The molecule has 2 aromatic heterocycles. The maximum Gasteiger partial charge on any atom is 0.256 e. The average Bonchev–Trinajstić information content (AvgIpc) is 3.26. The number of aromatic amines is 1. The van der Waals surface area contributed by atoms with Gasteiger partial charge in [-0.05, 0) is 54.6 Å². The lowest BCUT2D eigenvalue weighted by molar-refractivity contribution is 0.424. The van der Waals surface area contributed by atoms with Crippen molar-refractivity contribution in [1.82, 2.24) is 25.0 Å². The van der Waals surface area contributed by atoms with Crippen molar-refractivity contribution in [2.75, 3.05) is 19.3 Å². The number of nitrogens with one attached hydrogen (secondary N) is 3. The van der Waals surface area contributed by atoms with Crippen LogP contribution >= 0.6 is 0 Å². The van der Waals surface area contributed by atoms with Crippen LogP contribution in [-0.4, -0.2) is 42.7 Å². The first-order valence-electron chi connectivity index (χ1n) is 10.8. The number of nitrogens with zero attached hydrogens (tertiary/aromatic N) is 2. The van der Waals surface area contributed by atoms with Gasteiger partial charge in [-0.1, -0.05) is 20.8 Å². The Bertz CT molecular complexity index is 1360. The summed E-state index contributed by atoms with van der Waals surface area (Å²) in [4.78, 5) is 24.3. The van der Waals surface area contributed by atoms with E-state index in [9.17, 15) is 17.6 Å². The first-order chi connectivity index (χ1) is 15.4. The van der Waals surface area contributed by atoms with Gasteiger partial charge >= 0.3 is 0 Å². The number of pyridine rings is 1. The number of fused-ring (bicyclic) bond motifs is 1. The Morgan fingerprint density at radius 3 is 2.61 bits per heavy atom. The lowest BCUT2D eigenvalue weighted by Crippen LogP contribution is -2.34. The quantitative estimate of drug-likeness (QED) is 0.525. The number of halogens is 1. The summed E-state index contributed by atoms with van der Waals surface area (Å²) >= 11 is 0. The van der Waals surface area contributed by atoms with Gasteiger partial charge in [0.2, 0.25) is 10.0 Å². The molecule has 3 N–H and O–H groups in total. The minimum Gasteiger partial charge on any atom is -0.326 e. The predicted octanol–water partition coefficient (Wildman–Crippen LogP) is 2.62. The molecule has 4 rings (SSSR count). The van der Waals surface area contributed by atoms with Crippen LogP contribution in [0.15, 0.2) is 35.4 Å². The van der Waals surface area contributed by atoms with Gasteiger partial charge in [0.1, 0.15) is 5.82 Å². The van der Waals surface area contributed by atoms with Gasteiger partial charge in [-0.2, -0.15) is 0 Å². The summed E-state index contributed by atoms with van der Waals surface area (Å²) in [7, 11) is -3.49. The zero-order chi connectivity index (χ0) is 24.0. The van der Waals surface area contributed by atoms with E-state index in [0.29, 0.717) is 28.8 Å². The van der Waals surface area contributed by atoms with Gasteiger partial charge in [0.25, 0.3) is 5.56 Å². The van der Waals surface area contributed by atoms with Crippen molar-refractivity contribution >= 4 is 21.1 Å². The molecule has 2 atom stereocenters. The summed E-state index contributed by atoms with van der Waals surface area (Å²) in [6.45, 7) is 7.56. The molecule has 8 nitrogen and oxygen atoms in total. The van der Waals surface area contributed by atoms with Crippen molar-refractivity contribution in [3.05, 3.63) is 58.0 Å². The van der Waals surface area contributed by atoms with Crippen molar-refractivity contribution in [3.8, 4) is 11.1 Å². The summed E-state index contributed by atoms with van der Waals surface area (Å²) < 4.78 is 40.9. The molecule has 1 saturated heterocycles. The number of aromatic nitrogens is 3. The molecule has 0 bridgehead atoms. The molecule has 10 heteroatoms. The van der Waals surface area contributed by atoms with E-state index in [4.69, 9.17) is 4.98 Å². The molecular weight excluding hydrogens is 445 g/mol. The number of H-pyrrole nitrogens is 1. The van der Waals surface area contributed by atoms with Crippen LogP contribution in [0.25, 0.3) is 22.2 Å². The molecule has 3 aromatic rings. The standard InChI is InChI=1S/C23H28FN5O3S/c1-23(2,3)14-7-16(17-9-15(24)11-27-22(17)30)21-18(8-14)28-19(12-26-21)20(29-33(4,31)32)13-5-6-25-10-13/h7-9,11-13,20,25,29H,5-6,10H2,1-4H3,(H,27,30)/t13?,20-/m0/s1. The van der Waals surface area contributed by atoms with Gasteiger partial charge in [0.15, 0.2) is 0 Å². The summed E-state index contributed by atoms with van der Waals surface area (Å²) in [6, 6.07) is 4.39. The Kier molecular flexibility index (Phi) is 6.10. The van der Waals surface area contributed by atoms with Crippen LogP contribution in [0.1, 0.15) is 44.5 Å². The fourth-order valence-electron chi connectivity index (χ4n) is 4.17. The maximum atomic E-state index is 14.0. The van der Waals surface area contributed by atoms with Gasteiger partial charge in [-0.15, -0.1) is 0 Å². The highest BCUT2D eigenvalue weighted by Gasteiger charge is 2.30. The number of benzene rings is 1. The number of hydrogen-bond donors (Lipinski definition) is 3. The highest BCUT2D eigenvalue weighted by Crippen LogP contribution is 2.34. The van der Waals surface area contributed by atoms with Gasteiger partial charge < -0.3 is 10.3 Å². The highest BCUT2D eigenvalue weighted by molar-refractivity contribution is 7.88. The van der Waals surface area contributed by atoms with E-state index < -0.39 is 27.4 Å². The van der Waals surface area contributed by atoms with Crippen molar-refractivity contribution in [3.63, 3.8) is 0 Å². The Morgan fingerprint density at radius 1 is 1.21 bits per heavy atom. The third-order valence-corrected chi connectivity index (χ3v) is 6.60. The fraction of sp³-hybridized carbons (Fsp3) is 0.435. The van der Waals surface area contributed by atoms with Crippen LogP contribution in [0.5, 0.6) is 0 Å². The Labute approximate surface area is 192 Å². The second-order valence-electron chi connectivity index (χ2n) is 9.62. The topological polar surface area (TPSA) is 117 Å². The van der Waals surface area contributed by atoms with E-state index in [1.165, 1.54) is 12.3 Å². The van der Waals surface area contributed by atoms with Crippen LogP contribution in [-0.2, 0) is 15.4 Å². The minimum atomic E-state index is -3.49. The highest BCUT2D eigenvalue weighted by atomic mass is 32.2. The molecule has 1 aromatic carbocycles. The molecule has 176 valence electrons. The number of rotatable bonds is 5. The Morgan fingerprint density at radius 2 is 1.97 bits per heavy atom. The lowest BCUT2D eigenvalue weighted by atomic mass is 9.85. The van der Waals surface area contributed by atoms with Crippen LogP contribution in [0.2, 0.25) is 0 Å². The van der Waals surface area contributed by atoms with Crippen LogP contribution < -0.4 is 15.6 Å². The normalized spacial score (nSPS) is 18.0. The first kappa shape index (κ1) is 23.5. The molecule has 0 saturated carbocycles. The predicted molar refractivity (Wildman–Crippen MR) is 126 cm³/mol. The molecule has 3 heterocycles. The molecule has 1 fully saturated rings. The lowest BCUT2D eigenvalue weighted by Gasteiger charge is -2.24. The van der Waals surface area contributed by atoms with Crippen molar-refractivity contribution < 1.29 is 12.8 Å². The monoisotopic (exact) mass is 473 g/mol. The van der Waals surface area contributed by atoms with Gasteiger partial charge in [0, 0.05) is 11.8 Å². The summed E-state index contributed by atoms with van der Waals surface area (Å²) in [5.41, 5.74) is 2.31. The molecule has 33 heavy (non-hydrogen) atoms. The second-order valence-corrected chi connectivity index (χ2v) is 11.4. The molecule has 0 spiro atoms. The third kappa shape index (κ3) is 5.13. The zero-order valence-electron chi connectivity index (χ0n) is 19.1. The molecule has 1 aliphatic heterocycles. The van der Waals surface area contributed by atoms with E-state index in [0.717, 1.165) is 31.0 Å². The SMILES string of the molecule is CC(C)(C)c1cc(-c2cc(F)c[nH]c2=O)c2ncc([C@@H](NS(C)(=O)=O)C3CCNC3)nc2c1. The fourth-order valence-corrected chi connectivity index (χ4v) is 4.95. The van der Waals surface area contributed by atoms with E-state index in [1.807, 2.05) is 32.9 Å². The molecular formula is C23H28FN5O3S. The summed E-state index contributed by atoms with van der Waals surface area (Å²) in [6.07, 6.45) is 4.49. The van der Waals surface area contributed by atoms with Crippen LogP contribution in [0.3, 0.4) is 0 Å². The number of hydrogen-bond acceptors (Lipinski definition) is 6. The molecule has 1 unspecified atom stereocenters. The van der Waals surface area contributed by atoms with E-state index in [2.05, 4.69) is 20.0 Å². The average molecular weight is 474 g/mol. The van der Waals surface area contributed by atoms with Crippen molar-refractivity contribution in [2.45, 2.75) is 38.6 Å². The second kappa shape index (κ2) is 8.58. The molecule has 0 amide bonds. The Hall–Kier alpha value is -2.69. The molecule has 1 aliphatic rings. The molecule has 0 aliphatic carbocycles. The van der Waals surface area contributed by atoms with E-state index in [1.54, 1.807) is 0 Å². The van der Waals surface area contributed by atoms with Crippen LogP contribution in [0.4, 0.5) is 4.39 Å². The van der Waals surface area contributed by atoms with E-state index in [-0.39, 0.29) is 16.9 Å². The Balaban J connectivity index is 1.94. The van der Waals surface area contributed by atoms with Gasteiger partial charge in [-0.25, -0.2) is 22.5 Å². The third-order valence-electron chi connectivity index (χ3n) is 5.92. The maximum absolute atomic E-state index is 14.0. The minimum absolute atomic E-state index is 0.0304.